The Labute approximate surface area is 200 Å². The molecule has 2 aromatic carbocycles. The number of rotatable bonds is 8. The average Bonchev–Trinajstić information content (AvgIpc) is 2.78. The molecule has 0 spiro atoms. The lowest BCUT2D eigenvalue weighted by atomic mass is 9.95. The molecule has 1 aliphatic rings. The van der Waals surface area contributed by atoms with Gasteiger partial charge < -0.3 is 15.0 Å². The van der Waals surface area contributed by atoms with E-state index in [2.05, 4.69) is 5.32 Å². The van der Waals surface area contributed by atoms with E-state index in [0.717, 1.165) is 36.8 Å². The Morgan fingerprint density at radius 2 is 1.88 bits per heavy atom. The summed E-state index contributed by atoms with van der Waals surface area (Å²) >= 11 is 12.2. The molecule has 5 nitrogen and oxygen atoms in total. The first-order valence-corrected chi connectivity index (χ1v) is 11.8. The van der Waals surface area contributed by atoms with E-state index in [1.165, 1.54) is 6.42 Å². The highest BCUT2D eigenvalue weighted by Crippen LogP contribution is 2.22. The number of benzene rings is 2. The quantitative estimate of drug-likeness (QED) is 0.543. The molecule has 1 N–H and O–H groups in total. The summed E-state index contributed by atoms with van der Waals surface area (Å²) in [7, 11) is 0. The molecule has 1 aliphatic carbocycles. The SMILES string of the molecule is Cc1cc(OCC(=O)N(Cc2cccc(Cl)c2)C(C)C(=O)NC2CCCCC2)ccc1Cl. The van der Waals surface area contributed by atoms with Crippen molar-refractivity contribution in [1.29, 1.82) is 0 Å². The van der Waals surface area contributed by atoms with E-state index in [4.69, 9.17) is 27.9 Å². The number of hydrogen-bond acceptors (Lipinski definition) is 3. The Morgan fingerprint density at radius 1 is 1.12 bits per heavy atom. The van der Waals surface area contributed by atoms with Crippen molar-refractivity contribution in [2.45, 2.75) is 64.6 Å². The zero-order valence-electron chi connectivity index (χ0n) is 18.6. The lowest BCUT2D eigenvalue weighted by molar-refractivity contribution is -0.142. The average molecular weight is 477 g/mol. The van der Waals surface area contributed by atoms with E-state index in [9.17, 15) is 9.59 Å². The van der Waals surface area contributed by atoms with Gasteiger partial charge in [-0.05, 0) is 68.1 Å². The molecule has 0 radical (unpaired) electrons. The summed E-state index contributed by atoms with van der Waals surface area (Å²) in [5.41, 5.74) is 1.72. The molecule has 1 atom stereocenters. The second-order valence-electron chi connectivity index (χ2n) is 8.37. The molecule has 3 rings (SSSR count). The summed E-state index contributed by atoms with van der Waals surface area (Å²) in [4.78, 5) is 27.7. The van der Waals surface area contributed by atoms with Gasteiger partial charge in [0.2, 0.25) is 5.91 Å². The third kappa shape index (κ3) is 6.88. The zero-order valence-corrected chi connectivity index (χ0v) is 20.1. The molecule has 0 saturated heterocycles. The van der Waals surface area contributed by atoms with Crippen LogP contribution in [0.5, 0.6) is 5.75 Å². The van der Waals surface area contributed by atoms with E-state index >= 15 is 0 Å². The van der Waals surface area contributed by atoms with E-state index in [-0.39, 0.29) is 31.0 Å². The monoisotopic (exact) mass is 476 g/mol. The molecule has 2 amide bonds. The normalized spacial score (nSPS) is 15.1. The van der Waals surface area contributed by atoms with Gasteiger partial charge in [0.25, 0.3) is 5.91 Å². The number of amides is 2. The van der Waals surface area contributed by atoms with Crippen molar-refractivity contribution in [3.63, 3.8) is 0 Å². The fraction of sp³-hybridized carbons (Fsp3) is 0.440. The van der Waals surface area contributed by atoms with Gasteiger partial charge in [-0.2, -0.15) is 0 Å². The van der Waals surface area contributed by atoms with Crippen molar-refractivity contribution in [3.8, 4) is 5.75 Å². The van der Waals surface area contributed by atoms with Gasteiger partial charge in [-0.15, -0.1) is 0 Å². The van der Waals surface area contributed by atoms with Crippen LogP contribution in [-0.2, 0) is 16.1 Å². The highest BCUT2D eigenvalue weighted by Gasteiger charge is 2.28. The van der Waals surface area contributed by atoms with E-state index in [1.54, 1.807) is 42.2 Å². The van der Waals surface area contributed by atoms with Crippen LogP contribution in [0.3, 0.4) is 0 Å². The Bertz CT molecular complexity index is 945. The van der Waals surface area contributed by atoms with Crippen LogP contribution in [0.25, 0.3) is 0 Å². The van der Waals surface area contributed by atoms with Crippen LogP contribution in [0.15, 0.2) is 42.5 Å². The van der Waals surface area contributed by atoms with Crippen LogP contribution in [0, 0.1) is 6.92 Å². The lowest BCUT2D eigenvalue weighted by Gasteiger charge is -2.31. The molecule has 32 heavy (non-hydrogen) atoms. The molecule has 7 heteroatoms. The maximum absolute atomic E-state index is 13.2. The number of carbonyl (C=O) groups excluding carboxylic acids is 2. The fourth-order valence-corrected chi connectivity index (χ4v) is 4.25. The molecule has 1 fully saturated rings. The zero-order chi connectivity index (χ0) is 23.1. The Hall–Kier alpha value is -2.24. The van der Waals surface area contributed by atoms with Crippen molar-refractivity contribution in [2.75, 3.05) is 6.61 Å². The molecule has 1 unspecified atom stereocenters. The fourth-order valence-electron chi connectivity index (χ4n) is 3.92. The molecule has 1 saturated carbocycles. The van der Waals surface area contributed by atoms with Crippen molar-refractivity contribution >= 4 is 35.0 Å². The van der Waals surface area contributed by atoms with Gasteiger partial charge in [0.05, 0.1) is 0 Å². The number of nitrogens with zero attached hydrogens (tertiary/aromatic N) is 1. The second kappa shape index (κ2) is 11.6. The minimum Gasteiger partial charge on any atom is -0.484 e. The largest absolute Gasteiger partial charge is 0.484 e. The number of halogens is 2. The molecule has 0 bridgehead atoms. The van der Waals surface area contributed by atoms with Crippen molar-refractivity contribution in [1.82, 2.24) is 10.2 Å². The van der Waals surface area contributed by atoms with Crippen LogP contribution in [0.2, 0.25) is 10.0 Å². The highest BCUT2D eigenvalue weighted by atomic mass is 35.5. The first-order valence-electron chi connectivity index (χ1n) is 11.1. The topological polar surface area (TPSA) is 58.6 Å². The van der Waals surface area contributed by atoms with Gasteiger partial charge in [-0.1, -0.05) is 54.6 Å². The van der Waals surface area contributed by atoms with Gasteiger partial charge >= 0.3 is 0 Å². The second-order valence-corrected chi connectivity index (χ2v) is 9.21. The summed E-state index contributed by atoms with van der Waals surface area (Å²) in [5, 5.41) is 4.35. The van der Waals surface area contributed by atoms with Crippen LogP contribution in [-0.4, -0.2) is 35.4 Å². The van der Waals surface area contributed by atoms with Crippen molar-refractivity contribution in [2.24, 2.45) is 0 Å². The van der Waals surface area contributed by atoms with Crippen LogP contribution >= 0.6 is 23.2 Å². The number of aryl methyl sites for hydroxylation is 1. The number of ether oxygens (including phenoxy) is 1. The Kier molecular flexibility index (Phi) is 8.83. The smallest absolute Gasteiger partial charge is 0.261 e. The molecular formula is C25H30Cl2N2O3. The van der Waals surface area contributed by atoms with Crippen LogP contribution < -0.4 is 10.1 Å². The van der Waals surface area contributed by atoms with Gasteiger partial charge in [0, 0.05) is 22.6 Å². The summed E-state index contributed by atoms with van der Waals surface area (Å²) in [6, 6.07) is 12.1. The predicted molar refractivity (Wildman–Crippen MR) is 128 cm³/mol. The van der Waals surface area contributed by atoms with Gasteiger partial charge in [-0.3, -0.25) is 9.59 Å². The summed E-state index contributed by atoms with van der Waals surface area (Å²) in [6.45, 7) is 3.72. The molecule has 0 heterocycles. The number of nitrogens with one attached hydrogen (secondary N) is 1. The Balaban J connectivity index is 1.71. The summed E-state index contributed by atoms with van der Waals surface area (Å²) in [5.74, 6) is 0.140. The summed E-state index contributed by atoms with van der Waals surface area (Å²) in [6.07, 6.45) is 5.43. The number of carbonyl (C=O) groups is 2. The van der Waals surface area contributed by atoms with Crippen molar-refractivity contribution < 1.29 is 14.3 Å². The predicted octanol–water partition coefficient (Wildman–Crippen LogP) is 5.55. The van der Waals surface area contributed by atoms with Gasteiger partial charge in [-0.25, -0.2) is 0 Å². The minimum atomic E-state index is -0.640. The summed E-state index contributed by atoms with van der Waals surface area (Å²) < 4.78 is 5.72. The van der Waals surface area contributed by atoms with Crippen LogP contribution in [0.1, 0.15) is 50.2 Å². The first kappa shape index (κ1) is 24.4. The van der Waals surface area contributed by atoms with E-state index in [0.29, 0.717) is 15.8 Å². The maximum Gasteiger partial charge on any atom is 0.261 e. The lowest BCUT2D eigenvalue weighted by Crippen LogP contribution is -2.51. The van der Waals surface area contributed by atoms with Crippen LogP contribution in [0.4, 0.5) is 0 Å². The minimum absolute atomic E-state index is 0.144. The molecule has 0 aromatic heterocycles. The third-order valence-electron chi connectivity index (χ3n) is 5.85. The standard InChI is InChI=1S/C25H30Cl2N2O3/c1-17-13-22(11-12-23(17)27)32-16-24(30)29(15-19-7-6-8-20(26)14-19)18(2)25(31)28-21-9-4-3-5-10-21/h6-8,11-14,18,21H,3-5,9-10,15-16H2,1-2H3,(H,28,31). The van der Waals surface area contributed by atoms with Gasteiger partial charge in [0.15, 0.2) is 6.61 Å². The Morgan fingerprint density at radius 3 is 2.56 bits per heavy atom. The van der Waals surface area contributed by atoms with E-state index in [1.807, 2.05) is 19.1 Å². The molecular weight excluding hydrogens is 447 g/mol. The van der Waals surface area contributed by atoms with Crippen molar-refractivity contribution in [3.05, 3.63) is 63.6 Å². The highest BCUT2D eigenvalue weighted by molar-refractivity contribution is 6.31. The number of hydrogen-bond donors (Lipinski definition) is 1. The molecule has 0 aliphatic heterocycles. The van der Waals surface area contributed by atoms with E-state index < -0.39 is 6.04 Å². The third-order valence-corrected chi connectivity index (χ3v) is 6.51. The van der Waals surface area contributed by atoms with Gasteiger partial charge in [0.1, 0.15) is 11.8 Å². The molecule has 172 valence electrons. The first-order chi connectivity index (χ1) is 15.3. The maximum atomic E-state index is 13.2. The molecule has 2 aromatic rings.